The smallest absolute Gasteiger partial charge is 0.435 e. The Labute approximate surface area is 162 Å². The molecule has 0 saturated carbocycles. The van der Waals surface area contributed by atoms with Crippen molar-refractivity contribution >= 4 is 5.69 Å². The monoisotopic (exact) mass is 409 g/mol. The van der Waals surface area contributed by atoms with E-state index >= 15 is 0 Å². The molecular formula is C20H16F5N3O. The highest BCUT2D eigenvalue weighted by atomic mass is 19.4. The number of benzene rings is 2. The van der Waals surface area contributed by atoms with Gasteiger partial charge in [-0.3, -0.25) is 4.68 Å². The standard InChI is InChI=1S/C20H16F5N3O/c1-2-28-16(9-18(27-28)20(23,24)25)11-6-7-14-17(8-11)29-10-15(26-14)19-12(21)4-3-5-13(19)22/h3-9,15,26H,2,10H2,1H3. The number of hydrogen-bond acceptors (Lipinski definition) is 3. The molecule has 9 heteroatoms. The number of nitrogens with one attached hydrogen (secondary N) is 1. The first-order chi connectivity index (χ1) is 13.8. The van der Waals surface area contributed by atoms with Crippen molar-refractivity contribution in [1.82, 2.24) is 9.78 Å². The van der Waals surface area contributed by atoms with Gasteiger partial charge in [-0.25, -0.2) is 8.78 Å². The lowest BCUT2D eigenvalue weighted by atomic mass is 10.0. The molecule has 0 aliphatic carbocycles. The van der Waals surface area contributed by atoms with Crippen molar-refractivity contribution in [3.63, 3.8) is 0 Å². The fourth-order valence-electron chi connectivity index (χ4n) is 3.35. The molecule has 4 rings (SSSR count). The van der Waals surface area contributed by atoms with Crippen molar-refractivity contribution in [2.24, 2.45) is 0 Å². The predicted octanol–water partition coefficient (Wildman–Crippen LogP) is 5.41. The Morgan fingerprint density at radius 3 is 2.52 bits per heavy atom. The molecule has 1 aliphatic heterocycles. The minimum atomic E-state index is -4.54. The lowest BCUT2D eigenvalue weighted by Crippen LogP contribution is -2.25. The first-order valence-electron chi connectivity index (χ1n) is 8.90. The van der Waals surface area contributed by atoms with E-state index in [0.717, 1.165) is 6.07 Å². The van der Waals surface area contributed by atoms with Crippen molar-refractivity contribution in [2.45, 2.75) is 25.7 Å². The third kappa shape index (κ3) is 3.52. The molecule has 29 heavy (non-hydrogen) atoms. The van der Waals surface area contributed by atoms with E-state index in [1.54, 1.807) is 25.1 Å². The van der Waals surface area contributed by atoms with Crippen LogP contribution in [0.15, 0.2) is 42.5 Å². The Kier molecular flexibility index (Phi) is 4.68. The van der Waals surface area contributed by atoms with Crippen LogP contribution < -0.4 is 10.1 Å². The van der Waals surface area contributed by atoms with Gasteiger partial charge in [-0.1, -0.05) is 12.1 Å². The summed E-state index contributed by atoms with van der Waals surface area (Å²) in [6.45, 7) is 1.92. The van der Waals surface area contributed by atoms with Gasteiger partial charge in [-0.15, -0.1) is 0 Å². The van der Waals surface area contributed by atoms with Crippen LogP contribution in [0, 0.1) is 11.6 Å². The highest BCUT2D eigenvalue weighted by Gasteiger charge is 2.35. The maximum Gasteiger partial charge on any atom is 0.435 e. The second-order valence-electron chi connectivity index (χ2n) is 6.58. The molecule has 0 spiro atoms. The van der Waals surface area contributed by atoms with Crippen LogP contribution in [0.5, 0.6) is 5.75 Å². The molecule has 1 atom stereocenters. The number of aromatic nitrogens is 2. The summed E-state index contributed by atoms with van der Waals surface area (Å²) in [7, 11) is 0. The summed E-state index contributed by atoms with van der Waals surface area (Å²) in [5, 5.41) is 6.64. The number of anilines is 1. The first-order valence-corrected chi connectivity index (χ1v) is 8.90. The summed E-state index contributed by atoms with van der Waals surface area (Å²) in [5.74, 6) is -0.983. The zero-order valence-electron chi connectivity index (χ0n) is 15.2. The van der Waals surface area contributed by atoms with Gasteiger partial charge in [0.2, 0.25) is 0 Å². The highest BCUT2D eigenvalue weighted by molar-refractivity contribution is 5.70. The molecule has 4 nitrogen and oxygen atoms in total. The van der Waals surface area contributed by atoms with Crippen LogP contribution >= 0.6 is 0 Å². The largest absolute Gasteiger partial charge is 0.489 e. The van der Waals surface area contributed by atoms with E-state index in [2.05, 4.69) is 10.4 Å². The average Bonchev–Trinajstić information content (AvgIpc) is 3.12. The topological polar surface area (TPSA) is 39.1 Å². The van der Waals surface area contributed by atoms with Gasteiger partial charge >= 0.3 is 6.18 Å². The van der Waals surface area contributed by atoms with Crippen molar-refractivity contribution in [1.29, 1.82) is 0 Å². The van der Waals surface area contributed by atoms with Gasteiger partial charge in [0.05, 0.1) is 17.4 Å². The average molecular weight is 409 g/mol. The lowest BCUT2D eigenvalue weighted by Gasteiger charge is -2.28. The summed E-state index contributed by atoms with van der Waals surface area (Å²) in [6, 6.07) is 8.68. The Bertz CT molecular complexity index is 1040. The Hall–Kier alpha value is -3.10. The number of nitrogens with zero attached hydrogens (tertiary/aromatic N) is 2. The second-order valence-corrected chi connectivity index (χ2v) is 6.58. The van der Waals surface area contributed by atoms with Gasteiger partial charge in [0.1, 0.15) is 24.0 Å². The summed E-state index contributed by atoms with van der Waals surface area (Å²) in [5.41, 5.74) is 0.188. The van der Waals surface area contributed by atoms with Crippen LogP contribution in [-0.4, -0.2) is 16.4 Å². The predicted molar refractivity (Wildman–Crippen MR) is 96.6 cm³/mol. The minimum absolute atomic E-state index is 0.0326. The lowest BCUT2D eigenvalue weighted by molar-refractivity contribution is -0.141. The zero-order valence-corrected chi connectivity index (χ0v) is 15.2. The van der Waals surface area contributed by atoms with Gasteiger partial charge in [0.15, 0.2) is 5.69 Å². The van der Waals surface area contributed by atoms with E-state index in [9.17, 15) is 22.0 Å². The van der Waals surface area contributed by atoms with Gasteiger partial charge in [0, 0.05) is 17.7 Å². The Balaban J connectivity index is 1.66. The number of aryl methyl sites for hydroxylation is 1. The fraction of sp³-hybridized carbons (Fsp3) is 0.250. The Morgan fingerprint density at radius 1 is 1.14 bits per heavy atom. The van der Waals surface area contributed by atoms with Crippen molar-refractivity contribution in [3.05, 3.63) is 65.4 Å². The van der Waals surface area contributed by atoms with Crippen LogP contribution in [-0.2, 0) is 12.7 Å². The SMILES string of the molecule is CCn1nc(C(F)(F)F)cc1-c1ccc2c(c1)OCC(c1c(F)cccc1F)N2. The summed E-state index contributed by atoms with van der Waals surface area (Å²) >= 11 is 0. The number of rotatable bonds is 3. The number of fused-ring (bicyclic) bond motifs is 1. The summed E-state index contributed by atoms with van der Waals surface area (Å²) in [4.78, 5) is 0. The molecule has 2 aromatic carbocycles. The normalized spacial score (nSPS) is 16.1. The van der Waals surface area contributed by atoms with E-state index in [1.165, 1.54) is 22.9 Å². The number of ether oxygens (including phenoxy) is 1. The molecule has 1 aromatic heterocycles. The van der Waals surface area contributed by atoms with E-state index in [1.807, 2.05) is 0 Å². The molecule has 1 N–H and O–H groups in total. The van der Waals surface area contributed by atoms with Crippen LogP contribution in [0.3, 0.4) is 0 Å². The van der Waals surface area contributed by atoms with Gasteiger partial charge < -0.3 is 10.1 Å². The summed E-state index contributed by atoms with van der Waals surface area (Å²) < 4.78 is 74.0. The Morgan fingerprint density at radius 2 is 1.86 bits per heavy atom. The van der Waals surface area contributed by atoms with Crippen LogP contribution in [0.25, 0.3) is 11.3 Å². The molecule has 1 aliphatic rings. The van der Waals surface area contributed by atoms with Crippen molar-refractivity contribution in [2.75, 3.05) is 11.9 Å². The van der Waals surface area contributed by atoms with E-state index in [4.69, 9.17) is 4.74 Å². The van der Waals surface area contributed by atoms with Crippen molar-refractivity contribution < 1.29 is 26.7 Å². The second kappa shape index (κ2) is 7.06. The highest BCUT2D eigenvalue weighted by Crippen LogP contribution is 2.39. The van der Waals surface area contributed by atoms with Crippen molar-refractivity contribution in [3.8, 4) is 17.0 Å². The van der Waals surface area contributed by atoms with E-state index in [0.29, 0.717) is 22.7 Å². The molecule has 2 heterocycles. The zero-order chi connectivity index (χ0) is 20.8. The molecule has 0 fully saturated rings. The molecule has 3 aromatic rings. The van der Waals surface area contributed by atoms with Crippen LogP contribution in [0.4, 0.5) is 27.6 Å². The molecular weight excluding hydrogens is 393 g/mol. The molecule has 0 amide bonds. The fourth-order valence-corrected chi connectivity index (χ4v) is 3.35. The van der Waals surface area contributed by atoms with Crippen LogP contribution in [0.1, 0.15) is 24.2 Å². The first kappa shape index (κ1) is 19.2. The number of alkyl halides is 3. The number of halogens is 5. The molecule has 0 saturated heterocycles. The molecule has 0 radical (unpaired) electrons. The van der Waals surface area contributed by atoms with Crippen LogP contribution in [0.2, 0.25) is 0 Å². The third-order valence-corrected chi connectivity index (χ3v) is 4.73. The van der Waals surface area contributed by atoms with Gasteiger partial charge in [-0.2, -0.15) is 18.3 Å². The quantitative estimate of drug-likeness (QED) is 0.588. The maximum atomic E-state index is 14.0. The van der Waals surface area contributed by atoms with Gasteiger partial charge in [0.25, 0.3) is 0 Å². The summed E-state index contributed by atoms with van der Waals surface area (Å²) in [6.07, 6.45) is -4.54. The molecule has 152 valence electrons. The molecule has 0 bridgehead atoms. The number of hydrogen-bond donors (Lipinski definition) is 1. The maximum absolute atomic E-state index is 14.0. The van der Waals surface area contributed by atoms with E-state index in [-0.39, 0.29) is 18.7 Å². The van der Waals surface area contributed by atoms with Gasteiger partial charge in [-0.05, 0) is 37.3 Å². The molecule has 1 unspecified atom stereocenters. The third-order valence-electron chi connectivity index (χ3n) is 4.73. The minimum Gasteiger partial charge on any atom is -0.489 e. The van der Waals surface area contributed by atoms with E-state index < -0.39 is 29.5 Å².